The minimum atomic E-state index is 0.159. The number of rotatable bonds is 7. The topological polar surface area (TPSA) is 47.9 Å². The number of hydrogen-bond donors (Lipinski definition) is 1. The van der Waals surface area contributed by atoms with E-state index in [1.807, 2.05) is 42.5 Å². The molecular formula is C17H20O4. The van der Waals surface area contributed by atoms with E-state index in [1.54, 1.807) is 14.2 Å². The molecule has 2 rings (SSSR count). The van der Waals surface area contributed by atoms with Crippen LogP contribution in [0.2, 0.25) is 0 Å². The second kappa shape index (κ2) is 7.55. The van der Waals surface area contributed by atoms with Crippen LogP contribution >= 0.6 is 0 Å². The molecule has 21 heavy (non-hydrogen) atoms. The van der Waals surface area contributed by atoms with Crippen LogP contribution in [0.3, 0.4) is 0 Å². The van der Waals surface area contributed by atoms with Crippen LogP contribution in [0, 0.1) is 0 Å². The van der Waals surface area contributed by atoms with Gasteiger partial charge in [0.1, 0.15) is 12.4 Å². The van der Waals surface area contributed by atoms with Crippen molar-refractivity contribution in [1.82, 2.24) is 0 Å². The zero-order valence-electron chi connectivity index (χ0n) is 12.3. The third kappa shape index (κ3) is 4.13. The predicted molar refractivity (Wildman–Crippen MR) is 81.1 cm³/mol. The van der Waals surface area contributed by atoms with Crippen LogP contribution in [0.15, 0.2) is 42.5 Å². The van der Waals surface area contributed by atoms with Crippen LogP contribution in [0.5, 0.6) is 17.2 Å². The molecule has 0 fully saturated rings. The first kappa shape index (κ1) is 15.2. The van der Waals surface area contributed by atoms with E-state index >= 15 is 0 Å². The summed E-state index contributed by atoms with van der Waals surface area (Å²) in [7, 11) is 3.23. The highest BCUT2D eigenvalue weighted by molar-refractivity contribution is 5.42. The SMILES string of the molecule is COc1ccc(COc2ccc(CCO)cc2)cc1OC. The molecule has 2 aromatic carbocycles. The first-order valence-electron chi connectivity index (χ1n) is 6.80. The van der Waals surface area contributed by atoms with Crippen LogP contribution in [0.4, 0.5) is 0 Å². The standard InChI is InChI=1S/C17H20O4/c1-19-16-8-5-14(11-17(16)20-2)12-21-15-6-3-13(4-7-15)9-10-18/h3-8,11,18H,9-10,12H2,1-2H3. The summed E-state index contributed by atoms with van der Waals surface area (Å²) in [6.45, 7) is 0.617. The molecule has 0 aromatic heterocycles. The Bertz CT molecular complexity index is 564. The fourth-order valence-corrected chi connectivity index (χ4v) is 2.02. The fraction of sp³-hybridized carbons (Fsp3) is 0.294. The maximum atomic E-state index is 8.88. The zero-order chi connectivity index (χ0) is 15.1. The number of aliphatic hydroxyl groups is 1. The molecule has 0 amide bonds. The molecule has 4 heteroatoms. The second-order valence-corrected chi connectivity index (χ2v) is 4.60. The van der Waals surface area contributed by atoms with Gasteiger partial charge in [0, 0.05) is 6.61 Å². The predicted octanol–water partition coefficient (Wildman–Crippen LogP) is 2.82. The van der Waals surface area contributed by atoms with Crippen LogP contribution < -0.4 is 14.2 Å². The van der Waals surface area contributed by atoms with Gasteiger partial charge >= 0.3 is 0 Å². The number of benzene rings is 2. The Hall–Kier alpha value is -2.20. The van der Waals surface area contributed by atoms with Crippen molar-refractivity contribution in [2.75, 3.05) is 20.8 Å². The minimum Gasteiger partial charge on any atom is -0.493 e. The van der Waals surface area contributed by atoms with Gasteiger partial charge in [0.2, 0.25) is 0 Å². The van der Waals surface area contributed by atoms with Gasteiger partial charge in [-0.05, 0) is 41.8 Å². The van der Waals surface area contributed by atoms with Gasteiger partial charge in [-0.1, -0.05) is 18.2 Å². The molecular weight excluding hydrogens is 268 g/mol. The highest BCUT2D eigenvalue weighted by Gasteiger charge is 2.05. The van der Waals surface area contributed by atoms with Crippen molar-refractivity contribution in [3.8, 4) is 17.2 Å². The second-order valence-electron chi connectivity index (χ2n) is 4.60. The van der Waals surface area contributed by atoms with Gasteiger partial charge in [0.05, 0.1) is 14.2 Å². The van der Waals surface area contributed by atoms with Gasteiger partial charge in [-0.25, -0.2) is 0 Å². The third-order valence-corrected chi connectivity index (χ3v) is 3.18. The Morgan fingerprint density at radius 3 is 2.14 bits per heavy atom. The van der Waals surface area contributed by atoms with Crippen molar-refractivity contribution in [3.63, 3.8) is 0 Å². The van der Waals surface area contributed by atoms with Gasteiger partial charge < -0.3 is 19.3 Å². The monoisotopic (exact) mass is 288 g/mol. The number of ether oxygens (including phenoxy) is 3. The van der Waals surface area contributed by atoms with Crippen molar-refractivity contribution in [2.45, 2.75) is 13.0 Å². The lowest BCUT2D eigenvalue weighted by Crippen LogP contribution is -1.98. The van der Waals surface area contributed by atoms with E-state index in [2.05, 4.69) is 0 Å². The third-order valence-electron chi connectivity index (χ3n) is 3.18. The van der Waals surface area contributed by atoms with E-state index < -0.39 is 0 Å². The van der Waals surface area contributed by atoms with E-state index in [4.69, 9.17) is 19.3 Å². The smallest absolute Gasteiger partial charge is 0.161 e. The minimum absolute atomic E-state index is 0.159. The normalized spacial score (nSPS) is 10.2. The molecule has 0 saturated carbocycles. The fourth-order valence-electron chi connectivity index (χ4n) is 2.02. The van der Waals surface area contributed by atoms with Gasteiger partial charge in [-0.2, -0.15) is 0 Å². The number of hydrogen-bond acceptors (Lipinski definition) is 4. The van der Waals surface area contributed by atoms with Crippen molar-refractivity contribution in [3.05, 3.63) is 53.6 Å². The Morgan fingerprint density at radius 1 is 0.857 bits per heavy atom. The average Bonchev–Trinajstić information content (AvgIpc) is 2.54. The molecule has 0 radical (unpaired) electrons. The van der Waals surface area contributed by atoms with Crippen molar-refractivity contribution in [2.24, 2.45) is 0 Å². The number of aliphatic hydroxyl groups excluding tert-OH is 1. The van der Waals surface area contributed by atoms with Crippen LogP contribution in [0.25, 0.3) is 0 Å². The van der Waals surface area contributed by atoms with E-state index in [0.717, 1.165) is 16.9 Å². The molecule has 0 aliphatic rings. The van der Waals surface area contributed by atoms with Gasteiger partial charge in [0.25, 0.3) is 0 Å². The van der Waals surface area contributed by atoms with Gasteiger partial charge in [-0.15, -0.1) is 0 Å². The molecule has 0 bridgehead atoms. The summed E-state index contributed by atoms with van der Waals surface area (Å²) in [5.41, 5.74) is 2.10. The van der Waals surface area contributed by atoms with Crippen molar-refractivity contribution < 1.29 is 19.3 Å². The lowest BCUT2D eigenvalue weighted by Gasteiger charge is -2.11. The molecule has 0 aliphatic carbocycles. The Morgan fingerprint density at radius 2 is 1.52 bits per heavy atom. The molecule has 1 N–H and O–H groups in total. The highest BCUT2D eigenvalue weighted by Crippen LogP contribution is 2.28. The lowest BCUT2D eigenvalue weighted by molar-refractivity contribution is 0.298. The van der Waals surface area contributed by atoms with Crippen LogP contribution in [0.1, 0.15) is 11.1 Å². The van der Waals surface area contributed by atoms with Crippen LogP contribution in [-0.4, -0.2) is 25.9 Å². The summed E-state index contributed by atoms with van der Waals surface area (Å²) < 4.78 is 16.2. The summed E-state index contributed by atoms with van der Waals surface area (Å²) >= 11 is 0. The largest absolute Gasteiger partial charge is 0.493 e. The van der Waals surface area contributed by atoms with E-state index in [-0.39, 0.29) is 6.61 Å². The van der Waals surface area contributed by atoms with E-state index in [9.17, 15) is 0 Å². The summed E-state index contributed by atoms with van der Waals surface area (Å²) in [6.07, 6.45) is 0.663. The number of methoxy groups -OCH3 is 2. The molecule has 0 spiro atoms. The van der Waals surface area contributed by atoms with E-state index in [0.29, 0.717) is 24.5 Å². The summed E-state index contributed by atoms with van der Waals surface area (Å²) in [5.74, 6) is 2.19. The molecule has 112 valence electrons. The molecule has 4 nitrogen and oxygen atoms in total. The summed E-state index contributed by atoms with van der Waals surface area (Å²) in [4.78, 5) is 0. The van der Waals surface area contributed by atoms with Gasteiger partial charge in [0.15, 0.2) is 11.5 Å². The Balaban J connectivity index is 1.99. The van der Waals surface area contributed by atoms with Crippen molar-refractivity contribution in [1.29, 1.82) is 0 Å². The Kier molecular flexibility index (Phi) is 5.46. The summed E-state index contributed by atoms with van der Waals surface area (Å²) in [5, 5.41) is 8.88. The molecule has 2 aromatic rings. The Labute approximate surface area is 124 Å². The maximum absolute atomic E-state index is 8.88. The highest BCUT2D eigenvalue weighted by atomic mass is 16.5. The summed E-state index contributed by atoms with van der Waals surface area (Å²) in [6, 6.07) is 13.4. The molecule has 0 aliphatic heterocycles. The van der Waals surface area contributed by atoms with Crippen LogP contribution in [-0.2, 0) is 13.0 Å². The van der Waals surface area contributed by atoms with E-state index in [1.165, 1.54) is 0 Å². The first-order chi connectivity index (χ1) is 10.3. The quantitative estimate of drug-likeness (QED) is 0.851. The molecule has 0 heterocycles. The molecule has 0 saturated heterocycles. The maximum Gasteiger partial charge on any atom is 0.161 e. The average molecular weight is 288 g/mol. The lowest BCUT2D eigenvalue weighted by atomic mass is 10.1. The molecule has 0 atom stereocenters. The van der Waals surface area contributed by atoms with Gasteiger partial charge in [-0.3, -0.25) is 0 Å². The van der Waals surface area contributed by atoms with Crippen molar-refractivity contribution >= 4 is 0 Å². The first-order valence-corrected chi connectivity index (χ1v) is 6.80. The zero-order valence-corrected chi connectivity index (χ0v) is 12.3. The molecule has 0 unspecified atom stereocenters.